The van der Waals surface area contributed by atoms with Gasteiger partial charge in [0.25, 0.3) is 0 Å². The third kappa shape index (κ3) is 5.37. The van der Waals surface area contributed by atoms with Crippen molar-refractivity contribution in [3.63, 3.8) is 0 Å². The van der Waals surface area contributed by atoms with E-state index in [9.17, 15) is 9.59 Å². The predicted octanol–water partition coefficient (Wildman–Crippen LogP) is 1.16. The van der Waals surface area contributed by atoms with Crippen LogP contribution in [0.3, 0.4) is 0 Å². The summed E-state index contributed by atoms with van der Waals surface area (Å²) in [6.45, 7) is 8.44. The highest BCUT2D eigenvalue weighted by Crippen LogP contribution is 2.23. The van der Waals surface area contributed by atoms with Crippen LogP contribution in [0.5, 0.6) is 0 Å². The van der Waals surface area contributed by atoms with E-state index in [-0.39, 0.29) is 6.42 Å². The zero-order valence-electron chi connectivity index (χ0n) is 9.92. The van der Waals surface area contributed by atoms with E-state index in [0.29, 0.717) is 0 Å². The SMILES string of the molecule is CC(C)(C)OC(=O)CC(C)(C)C(=O)ON. The van der Waals surface area contributed by atoms with Crippen molar-refractivity contribution in [3.05, 3.63) is 0 Å². The first-order valence-corrected chi connectivity index (χ1v) is 4.71. The van der Waals surface area contributed by atoms with E-state index in [0.717, 1.165) is 0 Å². The molecule has 0 aromatic carbocycles. The Balaban J connectivity index is 4.35. The number of nitrogens with two attached hydrogens (primary N) is 1. The summed E-state index contributed by atoms with van der Waals surface area (Å²) in [5.41, 5.74) is -1.52. The molecule has 0 atom stereocenters. The molecule has 2 N–H and O–H groups in total. The van der Waals surface area contributed by atoms with Crippen molar-refractivity contribution < 1.29 is 19.2 Å². The number of esters is 1. The molecule has 0 amide bonds. The van der Waals surface area contributed by atoms with Crippen LogP contribution >= 0.6 is 0 Å². The summed E-state index contributed by atoms with van der Waals surface area (Å²) < 4.78 is 5.08. The lowest BCUT2D eigenvalue weighted by atomic mass is 9.89. The molecule has 0 aliphatic carbocycles. The largest absolute Gasteiger partial charge is 0.460 e. The second-order valence-corrected chi connectivity index (χ2v) is 5.05. The normalized spacial score (nSPS) is 12.1. The van der Waals surface area contributed by atoms with Crippen molar-refractivity contribution in [2.45, 2.75) is 46.6 Å². The minimum atomic E-state index is -0.961. The maximum absolute atomic E-state index is 11.4. The van der Waals surface area contributed by atoms with Gasteiger partial charge in [0.1, 0.15) is 5.60 Å². The molecule has 88 valence electrons. The minimum Gasteiger partial charge on any atom is -0.460 e. The van der Waals surface area contributed by atoms with Crippen LogP contribution in [0, 0.1) is 5.41 Å². The molecule has 0 aliphatic rings. The Kier molecular flexibility index (Phi) is 4.27. The molecule has 0 rings (SSSR count). The average Bonchev–Trinajstić information content (AvgIpc) is 1.97. The van der Waals surface area contributed by atoms with E-state index >= 15 is 0 Å². The Morgan fingerprint density at radius 1 is 1.13 bits per heavy atom. The monoisotopic (exact) mass is 217 g/mol. The number of carbonyl (C=O) groups excluding carboxylic acids is 2. The molecular formula is C10H19NO4. The Hall–Kier alpha value is -1.10. The number of carbonyl (C=O) groups is 2. The fraction of sp³-hybridized carbons (Fsp3) is 0.800. The molecular weight excluding hydrogens is 198 g/mol. The van der Waals surface area contributed by atoms with Gasteiger partial charge in [-0.1, -0.05) is 0 Å². The van der Waals surface area contributed by atoms with Gasteiger partial charge in [0.15, 0.2) is 0 Å². The van der Waals surface area contributed by atoms with Gasteiger partial charge in [-0.3, -0.25) is 4.79 Å². The van der Waals surface area contributed by atoms with Gasteiger partial charge < -0.3 is 9.57 Å². The Morgan fingerprint density at radius 3 is 1.93 bits per heavy atom. The van der Waals surface area contributed by atoms with E-state index in [2.05, 4.69) is 4.84 Å². The van der Waals surface area contributed by atoms with E-state index in [1.807, 2.05) is 0 Å². The number of hydrogen-bond acceptors (Lipinski definition) is 5. The second kappa shape index (κ2) is 4.61. The first kappa shape index (κ1) is 13.9. The van der Waals surface area contributed by atoms with Crippen LogP contribution in [-0.2, 0) is 19.2 Å². The summed E-state index contributed by atoms with van der Waals surface area (Å²) in [7, 11) is 0. The van der Waals surface area contributed by atoms with Crippen molar-refractivity contribution in [1.82, 2.24) is 0 Å². The Bertz CT molecular complexity index is 253. The molecule has 5 heteroatoms. The highest BCUT2D eigenvalue weighted by molar-refractivity contribution is 5.82. The van der Waals surface area contributed by atoms with E-state index < -0.39 is 23.0 Å². The molecule has 0 unspecified atom stereocenters. The minimum absolute atomic E-state index is 0.0553. The molecule has 0 aromatic rings. The number of rotatable bonds is 3. The van der Waals surface area contributed by atoms with Crippen LogP contribution in [0.1, 0.15) is 41.0 Å². The number of ether oxygens (including phenoxy) is 1. The van der Waals surface area contributed by atoms with E-state index in [4.69, 9.17) is 10.6 Å². The van der Waals surface area contributed by atoms with Crippen molar-refractivity contribution in [2.24, 2.45) is 11.3 Å². The highest BCUT2D eigenvalue weighted by Gasteiger charge is 2.34. The molecule has 0 spiro atoms. The summed E-state index contributed by atoms with van der Waals surface area (Å²) in [5.74, 6) is 3.68. The van der Waals surface area contributed by atoms with Crippen LogP contribution in [0.15, 0.2) is 0 Å². The van der Waals surface area contributed by atoms with Gasteiger partial charge in [-0.15, -0.1) is 0 Å². The lowest BCUT2D eigenvalue weighted by molar-refractivity contribution is -0.166. The van der Waals surface area contributed by atoms with Crippen molar-refractivity contribution in [1.29, 1.82) is 0 Å². The summed E-state index contributed by atoms with van der Waals surface area (Å²) in [4.78, 5) is 26.7. The molecule has 5 nitrogen and oxygen atoms in total. The van der Waals surface area contributed by atoms with Crippen molar-refractivity contribution in [2.75, 3.05) is 0 Å². The standard InChI is InChI=1S/C10H19NO4/c1-9(2,3)14-7(12)6-10(4,5)8(13)15-11/h6,11H2,1-5H3. The van der Waals surface area contributed by atoms with E-state index in [1.54, 1.807) is 34.6 Å². The maximum atomic E-state index is 11.4. The molecule has 0 aromatic heterocycles. The summed E-state index contributed by atoms with van der Waals surface area (Å²) in [6.07, 6.45) is -0.0553. The van der Waals surface area contributed by atoms with Crippen LogP contribution in [0.2, 0.25) is 0 Å². The smallest absolute Gasteiger partial charge is 0.330 e. The lowest BCUT2D eigenvalue weighted by Crippen LogP contribution is -2.34. The third-order valence-electron chi connectivity index (χ3n) is 1.67. The topological polar surface area (TPSA) is 78.6 Å². The third-order valence-corrected chi connectivity index (χ3v) is 1.67. The number of hydrogen-bond donors (Lipinski definition) is 1. The molecule has 0 bridgehead atoms. The van der Waals surface area contributed by atoms with E-state index in [1.165, 1.54) is 0 Å². The lowest BCUT2D eigenvalue weighted by Gasteiger charge is -2.24. The van der Waals surface area contributed by atoms with Gasteiger partial charge in [-0.25, -0.2) is 4.79 Å². The first-order chi connectivity index (χ1) is 6.58. The highest BCUT2D eigenvalue weighted by atomic mass is 16.7. The molecule has 0 radical (unpaired) electrons. The van der Waals surface area contributed by atoms with Crippen LogP contribution in [0.25, 0.3) is 0 Å². The van der Waals surface area contributed by atoms with Crippen LogP contribution < -0.4 is 5.90 Å². The van der Waals surface area contributed by atoms with Gasteiger partial charge in [-0.05, 0) is 34.6 Å². The molecule has 0 saturated heterocycles. The fourth-order valence-corrected chi connectivity index (χ4v) is 0.970. The van der Waals surface area contributed by atoms with Crippen LogP contribution in [0.4, 0.5) is 0 Å². The first-order valence-electron chi connectivity index (χ1n) is 4.71. The maximum Gasteiger partial charge on any atom is 0.330 e. The fourth-order valence-electron chi connectivity index (χ4n) is 0.970. The van der Waals surface area contributed by atoms with Crippen molar-refractivity contribution >= 4 is 11.9 Å². The van der Waals surface area contributed by atoms with Gasteiger partial charge >= 0.3 is 11.9 Å². The quantitative estimate of drug-likeness (QED) is 0.567. The molecule has 0 fully saturated rings. The average molecular weight is 217 g/mol. The summed E-state index contributed by atoms with van der Waals surface area (Å²) in [5, 5.41) is 0. The van der Waals surface area contributed by atoms with Crippen LogP contribution in [-0.4, -0.2) is 17.5 Å². The predicted molar refractivity (Wildman–Crippen MR) is 54.5 cm³/mol. The second-order valence-electron chi connectivity index (χ2n) is 5.05. The van der Waals surface area contributed by atoms with Gasteiger partial charge in [0, 0.05) is 0 Å². The van der Waals surface area contributed by atoms with Crippen molar-refractivity contribution in [3.8, 4) is 0 Å². The molecule has 0 heterocycles. The molecule has 0 aliphatic heterocycles. The Morgan fingerprint density at radius 2 is 1.60 bits per heavy atom. The Labute approximate surface area is 89.9 Å². The van der Waals surface area contributed by atoms with Gasteiger partial charge in [-0.2, -0.15) is 5.90 Å². The summed E-state index contributed by atoms with van der Waals surface area (Å²) >= 11 is 0. The molecule has 0 saturated carbocycles. The van der Waals surface area contributed by atoms with Gasteiger partial charge in [0.2, 0.25) is 0 Å². The summed E-state index contributed by atoms with van der Waals surface area (Å²) in [6, 6.07) is 0. The zero-order valence-corrected chi connectivity index (χ0v) is 9.92. The zero-order chi connectivity index (χ0) is 12.3. The molecule has 15 heavy (non-hydrogen) atoms. The van der Waals surface area contributed by atoms with Gasteiger partial charge in [0.05, 0.1) is 11.8 Å².